The van der Waals surface area contributed by atoms with Crippen molar-refractivity contribution in [2.24, 2.45) is 0 Å². The van der Waals surface area contributed by atoms with Crippen molar-refractivity contribution in [3.63, 3.8) is 0 Å². The van der Waals surface area contributed by atoms with Crippen molar-refractivity contribution in [1.29, 1.82) is 0 Å². The first-order valence-electron chi connectivity index (χ1n) is 11.4. The van der Waals surface area contributed by atoms with Gasteiger partial charge < -0.3 is 9.64 Å². The van der Waals surface area contributed by atoms with Crippen molar-refractivity contribution in [1.82, 2.24) is 14.3 Å². The zero-order valence-electron chi connectivity index (χ0n) is 18.3. The topological polar surface area (TPSA) is 81.0 Å². The first kappa shape index (κ1) is 21.8. The molecule has 0 radical (unpaired) electrons. The van der Waals surface area contributed by atoms with E-state index in [1.165, 1.54) is 46.2 Å². The smallest absolute Gasteiger partial charge is 0.330 e. The van der Waals surface area contributed by atoms with Crippen LogP contribution in [0.25, 0.3) is 4.96 Å². The van der Waals surface area contributed by atoms with Crippen LogP contribution in [0.5, 0.6) is 0 Å². The number of amides is 1. The Kier molecular flexibility index (Phi) is 5.25. The summed E-state index contributed by atoms with van der Waals surface area (Å²) in [6.07, 6.45) is 4.91. The Balaban J connectivity index is 1.22. The average molecular weight is 500 g/mol. The minimum atomic E-state index is -0.732. The Bertz CT molecular complexity index is 1370. The zero-order valence-corrected chi connectivity index (χ0v) is 19.9. The van der Waals surface area contributed by atoms with Gasteiger partial charge in [-0.3, -0.25) is 14.0 Å². The highest BCUT2D eigenvalue weighted by Gasteiger charge is 2.57. The van der Waals surface area contributed by atoms with Crippen LogP contribution in [0.15, 0.2) is 35.1 Å². The van der Waals surface area contributed by atoms with Crippen molar-refractivity contribution < 1.29 is 18.7 Å². The van der Waals surface area contributed by atoms with Gasteiger partial charge in [-0.25, -0.2) is 14.2 Å². The van der Waals surface area contributed by atoms with E-state index >= 15 is 0 Å². The van der Waals surface area contributed by atoms with Crippen LogP contribution >= 0.6 is 23.1 Å². The third-order valence-electron chi connectivity index (χ3n) is 6.87. The molecule has 176 valence electrons. The Morgan fingerprint density at radius 3 is 2.79 bits per heavy atom. The normalized spacial score (nSPS) is 23.9. The van der Waals surface area contributed by atoms with E-state index in [0.29, 0.717) is 29.2 Å². The number of fused-ring (bicyclic) bond motifs is 4. The number of esters is 1. The second-order valence-electron chi connectivity index (χ2n) is 8.87. The number of hydrogen-bond acceptors (Lipinski definition) is 7. The third kappa shape index (κ3) is 3.38. The Morgan fingerprint density at radius 1 is 1.18 bits per heavy atom. The fraction of sp³-hybridized carbons (Fsp3) is 0.417. The van der Waals surface area contributed by atoms with Crippen LogP contribution in [0.2, 0.25) is 0 Å². The number of nitrogens with zero attached hydrogens (tertiary/aromatic N) is 3. The van der Waals surface area contributed by atoms with E-state index in [0.717, 1.165) is 36.9 Å². The van der Waals surface area contributed by atoms with Crippen molar-refractivity contribution in [3.8, 4) is 0 Å². The Morgan fingerprint density at radius 2 is 1.97 bits per heavy atom. The summed E-state index contributed by atoms with van der Waals surface area (Å²) in [6.45, 7) is -0.125. The summed E-state index contributed by atoms with van der Waals surface area (Å²) in [7, 11) is 0. The molecule has 0 bridgehead atoms. The molecule has 34 heavy (non-hydrogen) atoms. The van der Waals surface area contributed by atoms with Gasteiger partial charge in [0.25, 0.3) is 5.56 Å². The standard InChI is InChI=1S/C24H22FN3O4S2/c25-15-7-5-14(6-8-15)24-10-9-20(29)28(24)18(13-33-24)22(31)32-12-16-11-21(30)27-17-3-1-2-4-19(17)34-23(27)26-16/h5-8,11,18H,1-4,9-10,12-13H2. The van der Waals surface area contributed by atoms with Crippen molar-refractivity contribution in [2.75, 3.05) is 5.75 Å². The molecular weight excluding hydrogens is 477 g/mol. The maximum atomic E-state index is 13.5. The average Bonchev–Trinajstić information content (AvgIpc) is 3.50. The second kappa shape index (κ2) is 8.20. The minimum absolute atomic E-state index is 0.113. The number of thiazole rings is 1. The Hall–Kier alpha value is -2.72. The van der Waals surface area contributed by atoms with Crippen LogP contribution < -0.4 is 5.56 Å². The lowest BCUT2D eigenvalue weighted by Gasteiger charge is -2.33. The lowest BCUT2D eigenvalue weighted by molar-refractivity contribution is -0.155. The highest BCUT2D eigenvalue weighted by Crippen LogP contribution is 2.54. The number of thioether (sulfide) groups is 1. The molecule has 1 aliphatic carbocycles. The summed E-state index contributed by atoms with van der Waals surface area (Å²) in [5.41, 5.74) is 2.11. The summed E-state index contributed by atoms with van der Waals surface area (Å²) in [6, 6.07) is 6.79. The number of hydrogen-bond donors (Lipinski definition) is 0. The fourth-order valence-corrected chi connectivity index (χ4v) is 8.15. The molecule has 2 fully saturated rings. The Labute approximate surface area is 202 Å². The number of aryl methyl sites for hydroxylation is 2. The van der Waals surface area contributed by atoms with Gasteiger partial charge >= 0.3 is 5.97 Å². The third-order valence-corrected chi connectivity index (χ3v) is 9.61. The van der Waals surface area contributed by atoms with Gasteiger partial charge in [0.05, 0.1) is 5.69 Å². The molecule has 2 unspecified atom stereocenters. The molecule has 2 aromatic heterocycles. The number of aromatic nitrogens is 2. The molecule has 10 heteroatoms. The number of benzene rings is 1. The minimum Gasteiger partial charge on any atom is -0.458 e. The van der Waals surface area contributed by atoms with Crippen LogP contribution in [0.4, 0.5) is 4.39 Å². The number of rotatable bonds is 4. The molecule has 0 N–H and O–H groups in total. The van der Waals surface area contributed by atoms with Gasteiger partial charge in [0.15, 0.2) is 4.96 Å². The van der Waals surface area contributed by atoms with E-state index in [1.54, 1.807) is 21.4 Å². The van der Waals surface area contributed by atoms with E-state index in [-0.39, 0.29) is 23.9 Å². The van der Waals surface area contributed by atoms with E-state index in [2.05, 4.69) is 4.98 Å². The molecule has 4 heterocycles. The largest absolute Gasteiger partial charge is 0.458 e. The van der Waals surface area contributed by atoms with Crippen LogP contribution in [-0.4, -0.2) is 38.0 Å². The number of halogens is 1. The molecule has 0 spiro atoms. The number of carbonyl (C=O) groups is 2. The molecule has 1 aromatic carbocycles. The lowest BCUT2D eigenvalue weighted by Crippen LogP contribution is -2.46. The monoisotopic (exact) mass is 499 g/mol. The van der Waals surface area contributed by atoms with Gasteiger partial charge in [-0.2, -0.15) is 0 Å². The van der Waals surface area contributed by atoms with E-state index in [1.807, 2.05) is 0 Å². The van der Waals surface area contributed by atoms with Crippen molar-refractivity contribution in [3.05, 3.63) is 68.3 Å². The molecule has 6 rings (SSSR count). The van der Waals surface area contributed by atoms with Gasteiger partial charge in [0.1, 0.15) is 23.3 Å². The lowest BCUT2D eigenvalue weighted by atomic mass is 10.0. The van der Waals surface area contributed by atoms with Crippen molar-refractivity contribution in [2.45, 2.75) is 56.0 Å². The second-order valence-corrected chi connectivity index (χ2v) is 11.2. The quantitative estimate of drug-likeness (QED) is 0.512. The molecule has 7 nitrogen and oxygen atoms in total. The number of ether oxygens (including phenoxy) is 1. The van der Waals surface area contributed by atoms with Gasteiger partial charge in [-0.1, -0.05) is 12.1 Å². The predicted octanol–water partition coefficient (Wildman–Crippen LogP) is 3.41. The highest BCUT2D eigenvalue weighted by molar-refractivity contribution is 8.00. The first-order chi connectivity index (χ1) is 16.5. The molecular formula is C24H22FN3O4S2. The van der Waals surface area contributed by atoms with Gasteiger partial charge in [-0.05, 0) is 49.8 Å². The summed E-state index contributed by atoms with van der Waals surface area (Å²) >= 11 is 3.04. The summed E-state index contributed by atoms with van der Waals surface area (Å²) in [4.78, 5) is 45.9. The summed E-state index contributed by atoms with van der Waals surface area (Å²) < 4.78 is 20.7. The van der Waals surface area contributed by atoms with Gasteiger partial charge in [-0.15, -0.1) is 23.1 Å². The highest BCUT2D eigenvalue weighted by atomic mass is 32.2. The molecule has 2 saturated heterocycles. The van der Waals surface area contributed by atoms with Crippen LogP contribution in [0.3, 0.4) is 0 Å². The van der Waals surface area contributed by atoms with Crippen LogP contribution in [0.1, 0.15) is 47.5 Å². The van der Waals surface area contributed by atoms with Gasteiger partial charge in [0, 0.05) is 28.8 Å². The summed E-state index contributed by atoms with van der Waals surface area (Å²) in [5.74, 6) is -0.575. The predicted molar refractivity (Wildman–Crippen MR) is 126 cm³/mol. The molecule has 0 saturated carbocycles. The van der Waals surface area contributed by atoms with Gasteiger partial charge in [0.2, 0.25) is 5.91 Å². The van der Waals surface area contributed by atoms with Crippen LogP contribution in [0, 0.1) is 5.82 Å². The molecule has 2 aliphatic heterocycles. The maximum absolute atomic E-state index is 13.5. The molecule has 3 aliphatic rings. The van der Waals surface area contributed by atoms with E-state index < -0.39 is 16.9 Å². The van der Waals surface area contributed by atoms with E-state index in [9.17, 15) is 18.8 Å². The number of carbonyl (C=O) groups excluding carboxylic acids is 2. The fourth-order valence-electron chi connectivity index (χ4n) is 5.28. The SMILES string of the molecule is O=C(OCc1cc(=O)n2c3c(sc2n1)CCCC3)C1CSC2(c3ccc(F)cc3)CCC(=O)N12. The summed E-state index contributed by atoms with van der Waals surface area (Å²) in [5, 5.41) is 0. The zero-order chi connectivity index (χ0) is 23.4. The van der Waals surface area contributed by atoms with Crippen LogP contribution in [-0.2, 0) is 38.6 Å². The maximum Gasteiger partial charge on any atom is 0.330 e. The molecule has 1 amide bonds. The molecule has 2 atom stereocenters. The van der Waals surface area contributed by atoms with Crippen molar-refractivity contribution >= 4 is 39.9 Å². The van der Waals surface area contributed by atoms with E-state index in [4.69, 9.17) is 4.74 Å². The molecule has 3 aromatic rings. The first-order valence-corrected chi connectivity index (χ1v) is 13.2.